The number of aryl methyl sites for hydroxylation is 1. The summed E-state index contributed by atoms with van der Waals surface area (Å²) in [5.41, 5.74) is 6.99. The number of likely N-dealkylation sites (N-methyl/N-ethyl adjacent to an activating group) is 1. The number of carbonyl (C=O) groups excluding carboxylic acids is 1. The summed E-state index contributed by atoms with van der Waals surface area (Å²) in [6.07, 6.45) is 5.14. The molecule has 4 N–H and O–H groups in total. The highest BCUT2D eigenvalue weighted by atomic mass is 32.1. The van der Waals surface area contributed by atoms with Crippen LogP contribution in [0.5, 0.6) is 0 Å². The molecule has 0 aliphatic carbocycles. The minimum atomic E-state index is 0.0306. The molecule has 3 heterocycles. The number of likely N-dealkylation sites (tertiary alicyclic amines) is 1. The Morgan fingerprint density at radius 2 is 2.35 bits per heavy atom. The second kappa shape index (κ2) is 7.15. The van der Waals surface area contributed by atoms with E-state index in [1.807, 2.05) is 5.38 Å². The Morgan fingerprint density at radius 3 is 3.04 bits per heavy atom. The number of nitrogens with two attached hydrogens (primary N) is 1. The zero-order chi connectivity index (χ0) is 16.3. The molecular weight excluding hydrogens is 310 g/mol. The smallest absolute Gasteiger partial charge is 0.237 e. The molecule has 7 heteroatoms. The van der Waals surface area contributed by atoms with Crippen LogP contribution in [0.25, 0.3) is 0 Å². The van der Waals surface area contributed by atoms with Crippen molar-refractivity contribution in [2.75, 3.05) is 39.0 Å². The molecule has 2 aliphatic heterocycles. The third-order valence-electron chi connectivity index (χ3n) is 5.19. The van der Waals surface area contributed by atoms with Crippen molar-refractivity contribution in [2.24, 2.45) is 5.41 Å². The van der Waals surface area contributed by atoms with E-state index in [2.05, 4.69) is 27.6 Å². The van der Waals surface area contributed by atoms with Gasteiger partial charge in [0.05, 0.1) is 11.7 Å². The van der Waals surface area contributed by atoms with Crippen molar-refractivity contribution < 1.29 is 4.79 Å². The summed E-state index contributed by atoms with van der Waals surface area (Å²) >= 11 is 1.47. The Kier molecular flexibility index (Phi) is 5.18. The van der Waals surface area contributed by atoms with Crippen LogP contribution in [0.1, 0.15) is 31.4 Å². The van der Waals surface area contributed by atoms with Gasteiger partial charge in [0.1, 0.15) is 0 Å². The van der Waals surface area contributed by atoms with E-state index >= 15 is 0 Å². The van der Waals surface area contributed by atoms with Gasteiger partial charge in [-0.25, -0.2) is 4.98 Å². The molecule has 1 spiro atoms. The van der Waals surface area contributed by atoms with Crippen molar-refractivity contribution in [3.8, 4) is 0 Å². The molecule has 0 saturated carbocycles. The minimum Gasteiger partial charge on any atom is -0.375 e. The number of hydrogen-bond donors (Lipinski definition) is 3. The van der Waals surface area contributed by atoms with Gasteiger partial charge in [-0.1, -0.05) is 0 Å². The van der Waals surface area contributed by atoms with Crippen LogP contribution in [0.3, 0.4) is 0 Å². The summed E-state index contributed by atoms with van der Waals surface area (Å²) in [4.78, 5) is 19.0. The van der Waals surface area contributed by atoms with E-state index in [1.165, 1.54) is 24.2 Å². The van der Waals surface area contributed by atoms with E-state index < -0.39 is 0 Å². The van der Waals surface area contributed by atoms with Crippen LogP contribution in [0.2, 0.25) is 0 Å². The minimum absolute atomic E-state index is 0.0306. The third-order valence-corrected chi connectivity index (χ3v) is 5.91. The lowest BCUT2D eigenvalue weighted by Crippen LogP contribution is -2.41. The number of carbonyl (C=O) groups is 1. The average Bonchev–Trinajstić information content (AvgIpc) is 3.08. The largest absolute Gasteiger partial charge is 0.375 e. The fraction of sp³-hybridized carbons (Fsp3) is 0.750. The predicted molar refractivity (Wildman–Crippen MR) is 93.4 cm³/mol. The highest BCUT2D eigenvalue weighted by molar-refractivity contribution is 7.13. The first-order valence-electron chi connectivity index (χ1n) is 8.47. The van der Waals surface area contributed by atoms with Crippen LogP contribution in [0, 0.1) is 5.41 Å². The number of amides is 1. The number of nitrogen functional groups attached to an aromatic ring is 1. The summed E-state index contributed by atoms with van der Waals surface area (Å²) in [7, 11) is 2.08. The Balaban J connectivity index is 1.43. The highest BCUT2D eigenvalue weighted by Crippen LogP contribution is 2.41. The van der Waals surface area contributed by atoms with Gasteiger partial charge in [-0.2, -0.15) is 0 Å². The van der Waals surface area contributed by atoms with Crippen molar-refractivity contribution in [2.45, 2.75) is 38.1 Å². The average molecular weight is 337 g/mol. The van der Waals surface area contributed by atoms with Gasteiger partial charge in [0.15, 0.2) is 5.13 Å². The SMILES string of the molecule is CN1CC2(CCNCC2)C[C@@H]1C(=O)NCCCc1csc(N)n1. The molecule has 0 unspecified atom stereocenters. The van der Waals surface area contributed by atoms with Crippen molar-refractivity contribution in [1.29, 1.82) is 0 Å². The molecule has 23 heavy (non-hydrogen) atoms. The van der Waals surface area contributed by atoms with E-state index in [-0.39, 0.29) is 11.9 Å². The number of anilines is 1. The van der Waals surface area contributed by atoms with Crippen molar-refractivity contribution in [3.05, 3.63) is 11.1 Å². The third kappa shape index (κ3) is 4.02. The first-order chi connectivity index (χ1) is 11.1. The zero-order valence-electron chi connectivity index (χ0n) is 13.8. The van der Waals surface area contributed by atoms with Gasteiger partial charge in [0.25, 0.3) is 0 Å². The van der Waals surface area contributed by atoms with Gasteiger partial charge in [-0.05, 0) is 57.7 Å². The molecule has 0 bridgehead atoms. The molecule has 6 nitrogen and oxygen atoms in total. The molecule has 0 aromatic carbocycles. The normalized spacial score (nSPS) is 24.1. The molecular formula is C16H27N5OS. The lowest BCUT2D eigenvalue weighted by molar-refractivity contribution is -0.125. The monoisotopic (exact) mass is 337 g/mol. The number of piperidine rings is 1. The molecule has 1 atom stereocenters. The van der Waals surface area contributed by atoms with Gasteiger partial charge in [-0.15, -0.1) is 11.3 Å². The maximum Gasteiger partial charge on any atom is 0.237 e. The molecule has 2 fully saturated rings. The van der Waals surface area contributed by atoms with E-state index in [1.54, 1.807) is 0 Å². The number of thiazole rings is 1. The molecule has 1 aromatic heterocycles. The fourth-order valence-electron chi connectivity index (χ4n) is 3.92. The second-order valence-electron chi connectivity index (χ2n) is 6.96. The molecule has 128 valence electrons. The van der Waals surface area contributed by atoms with Gasteiger partial charge in [0.2, 0.25) is 5.91 Å². The summed E-state index contributed by atoms with van der Waals surface area (Å²) in [5, 5.41) is 9.13. The van der Waals surface area contributed by atoms with Crippen LogP contribution < -0.4 is 16.4 Å². The van der Waals surface area contributed by atoms with Gasteiger partial charge in [-0.3, -0.25) is 9.69 Å². The summed E-state index contributed by atoms with van der Waals surface area (Å²) in [6.45, 7) is 3.91. The van der Waals surface area contributed by atoms with Crippen LogP contribution in [-0.4, -0.2) is 55.1 Å². The Morgan fingerprint density at radius 1 is 1.57 bits per heavy atom. The number of hydrogen-bond acceptors (Lipinski definition) is 6. The topological polar surface area (TPSA) is 83.3 Å². The Bertz CT molecular complexity index is 540. The maximum absolute atomic E-state index is 12.5. The maximum atomic E-state index is 12.5. The Labute approximate surface area is 141 Å². The van der Waals surface area contributed by atoms with E-state index in [4.69, 9.17) is 5.73 Å². The fourth-order valence-corrected chi connectivity index (χ4v) is 4.52. The molecule has 1 amide bonds. The number of nitrogens with zero attached hydrogens (tertiary/aromatic N) is 2. The lowest BCUT2D eigenvalue weighted by atomic mass is 9.77. The summed E-state index contributed by atoms with van der Waals surface area (Å²) in [5.74, 6) is 0.181. The van der Waals surface area contributed by atoms with Gasteiger partial charge >= 0.3 is 0 Å². The second-order valence-corrected chi connectivity index (χ2v) is 7.85. The van der Waals surface area contributed by atoms with E-state index in [0.717, 1.165) is 44.6 Å². The predicted octanol–water partition coefficient (Wildman–Crippen LogP) is 0.848. The van der Waals surface area contributed by atoms with E-state index in [9.17, 15) is 4.79 Å². The molecule has 2 aliphatic rings. The van der Waals surface area contributed by atoms with Crippen LogP contribution in [0.15, 0.2) is 5.38 Å². The van der Waals surface area contributed by atoms with Crippen molar-refractivity contribution >= 4 is 22.4 Å². The summed E-state index contributed by atoms with van der Waals surface area (Å²) in [6, 6.07) is 0.0306. The standard InChI is InChI=1S/C16H27N5OS/c1-21-11-16(4-7-18-8-5-16)9-13(21)14(22)19-6-2-3-12-10-23-15(17)20-12/h10,13,18H,2-9,11H2,1H3,(H2,17,20)(H,19,22)/t13-/m1/s1. The first-order valence-corrected chi connectivity index (χ1v) is 9.35. The van der Waals surface area contributed by atoms with Crippen LogP contribution >= 0.6 is 11.3 Å². The first kappa shape index (κ1) is 16.7. The molecule has 1 aromatic rings. The van der Waals surface area contributed by atoms with E-state index in [0.29, 0.717) is 17.1 Å². The highest BCUT2D eigenvalue weighted by Gasteiger charge is 2.45. The zero-order valence-corrected chi connectivity index (χ0v) is 14.6. The number of aromatic nitrogens is 1. The Hall–Kier alpha value is -1.18. The molecule has 0 radical (unpaired) electrons. The van der Waals surface area contributed by atoms with Gasteiger partial charge in [0, 0.05) is 18.5 Å². The van der Waals surface area contributed by atoms with Crippen LogP contribution in [0.4, 0.5) is 5.13 Å². The van der Waals surface area contributed by atoms with Gasteiger partial charge < -0.3 is 16.4 Å². The number of nitrogens with one attached hydrogen (secondary N) is 2. The quantitative estimate of drug-likeness (QED) is 0.694. The van der Waals surface area contributed by atoms with Crippen molar-refractivity contribution in [1.82, 2.24) is 20.5 Å². The summed E-state index contributed by atoms with van der Waals surface area (Å²) < 4.78 is 0. The van der Waals surface area contributed by atoms with Crippen LogP contribution in [-0.2, 0) is 11.2 Å². The molecule has 3 rings (SSSR count). The molecule has 2 saturated heterocycles. The lowest BCUT2D eigenvalue weighted by Gasteiger charge is -2.33. The van der Waals surface area contributed by atoms with Crippen molar-refractivity contribution in [3.63, 3.8) is 0 Å². The number of rotatable bonds is 5.